The van der Waals surface area contributed by atoms with E-state index in [1.54, 1.807) is 12.1 Å². The fourth-order valence-electron chi connectivity index (χ4n) is 1.58. The van der Waals surface area contributed by atoms with Crippen molar-refractivity contribution >= 4 is 17.3 Å². The zero-order chi connectivity index (χ0) is 14.3. The van der Waals surface area contributed by atoms with Crippen molar-refractivity contribution in [2.45, 2.75) is 32.9 Å². The van der Waals surface area contributed by atoms with Crippen LogP contribution in [0.5, 0.6) is 0 Å². The molecule has 0 fully saturated rings. The molecule has 0 saturated carbocycles. The third kappa shape index (κ3) is 6.00. The summed E-state index contributed by atoms with van der Waals surface area (Å²) < 4.78 is 5.44. The Balaban J connectivity index is 2.39. The first-order valence-corrected chi connectivity index (χ1v) is 6.62. The van der Waals surface area contributed by atoms with Crippen LogP contribution < -0.4 is 5.32 Å². The summed E-state index contributed by atoms with van der Waals surface area (Å²) in [7, 11) is 0. The van der Waals surface area contributed by atoms with Gasteiger partial charge in [-0.05, 0) is 25.1 Å². The Hall–Kier alpha value is -1.17. The zero-order valence-corrected chi connectivity index (χ0v) is 11.9. The first kappa shape index (κ1) is 15.9. The summed E-state index contributed by atoms with van der Waals surface area (Å²) >= 11 is 5.74. The van der Waals surface area contributed by atoms with Gasteiger partial charge >= 0.3 is 0 Å². The number of nitro groups is 1. The highest BCUT2D eigenvalue weighted by Crippen LogP contribution is 2.23. The van der Waals surface area contributed by atoms with Gasteiger partial charge in [-0.15, -0.1) is 0 Å². The molecule has 1 aromatic carbocycles. The highest BCUT2D eigenvalue weighted by Gasteiger charge is 2.13. The van der Waals surface area contributed by atoms with Gasteiger partial charge in [0.25, 0.3) is 5.69 Å². The molecule has 0 atom stereocenters. The smallest absolute Gasteiger partial charge is 0.276 e. The van der Waals surface area contributed by atoms with Gasteiger partial charge in [0.15, 0.2) is 0 Å². The molecule has 0 spiro atoms. The molecule has 0 aliphatic carbocycles. The second kappa shape index (κ2) is 8.09. The van der Waals surface area contributed by atoms with Crippen LogP contribution in [0.25, 0.3) is 0 Å². The molecule has 0 aliphatic heterocycles. The molecule has 106 valence electrons. The van der Waals surface area contributed by atoms with Crippen molar-refractivity contribution in [3.63, 3.8) is 0 Å². The first-order valence-electron chi connectivity index (χ1n) is 6.24. The standard InChI is InChI=1S/C13H19ClN2O3/c1-10(2)15-6-3-7-19-9-11-4-5-12(14)8-13(11)16(17)18/h4-5,8,10,15H,3,6-7,9H2,1-2H3. The van der Waals surface area contributed by atoms with Gasteiger partial charge in [0, 0.05) is 23.7 Å². The van der Waals surface area contributed by atoms with Gasteiger partial charge < -0.3 is 10.1 Å². The van der Waals surface area contributed by atoms with Crippen molar-refractivity contribution in [1.82, 2.24) is 5.32 Å². The largest absolute Gasteiger partial charge is 0.376 e. The number of hydrogen-bond donors (Lipinski definition) is 1. The number of rotatable bonds is 8. The summed E-state index contributed by atoms with van der Waals surface area (Å²) in [6.45, 7) is 5.84. The molecule has 0 bridgehead atoms. The third-order valence-corrected chi connectivity index (χ3v) is 2.75. The molecule has 19 heavy (non-hydrogen) atoms. The van der Waals surface area contributed by atoms with Crippen LogP contribution in [0, 0.1) is 10.1 Å². The van der Waals surface area contributed by atoms with Crippen LogP contribution in [-0.2, 0) is 11.3 Å². The van der Waals surface area contributed by atoms with Crippen LogP contribution in [0.2, 0.25) is 5.02 Å². The van der Waals surface area contributed by atoms with Gasteiger partial charge in [0.05, 0.1) is 17.1 Å². The van der Waals surface area contributed by atoms with E-state index in [9.17, 15) is 10.1 Å². The van der Waals surface area contributed by atoms with Crippen LogP contribution in [0.3, 0.4) is 0 Å². The van der Waals surface area contributed by atoms with E-state index in [2.05, 4.69) is 19.2 Å². The van der Waals surface area contributed by atoms with E-state index >= 15 is 0 Å². The SMILES string of the molecule is CC(C)NCCCOCc1ccc(Cl)cc1[N+](=O)[O-]. The predicted molar refractivity (Wildman–Crippen MR) is 75.5 cm³/mol. The molecule has 0 radical (unpaired) electrons. The molecular formula is C13H19ClN2O3. The zero-order valence-electron chi connectivity index (χ0n) is 11.2. The number of halogens is 1. The molecular weight excluding hydrogens is 268 g/mol. The molecule has 6 heteroatoms. The van der Waals surface area contributed by atoms with E-state index < -0.39 is 4.92 Å². The predicted octanol–water partition coefficient (Wildman–Crippen LogP) is 3.15. The summed E-state index contributed by atoms with van der Waals surface area (Å²) in [5, 5.41) is 14.5. The number of nitrogens with one attached hydrogen (secondary N) is 1. The maximum atomic E-state index is 10.9. The minimum atomic E-state index is -0.440. The van der Waals surface area contributed by atoms with Gasteiger partial charge in [-0.1, -0.05) is 25.4 Å². The fraction of sp³-hybridized carbons (Fsp3) is 0.538. The van der Waals surface area contributed by atoms with Crippen molar-refractivity contribution in [2.24, 2.45) is 0 Å². The maximum absolute atomic E-state index is 10.9. The van der Waals surface area contributed by atoms with E-state index in [1.807, 2.05) is 0 Å². The van der Waals surface area contributed by atoms with Crippen molar-refractivity contribution in [2.75, 3.05) is 13.2 Å². The minimum Gasteiger partial charge on any atom is -0.376 e. The monoisotopic (exact) mass is 286 g/mol. The van der Waals surface area contributed by atoms with E-state index in [4.69, 9.17) is 16.3 Å². The molecule has 1 rings (SSSR count). The molecule has 0 heterocycles. The van der Waals surface area contributed by atoms with Gasteiger partial charge in [-0.3, -0.25) is 10.1 Å². The first-order chi connectivity index (χ1) is 9.00. The van der Waals surface area contributed by atoms with Crippen LogP contribution >= 0.6 is 11.6 Å². The molecule has 5 nitrogen and oxygen atoms in total. The lowest BCUT2D eigenvalue weighted by molar-refractivity contribution is -0.385. The topological polar surface area (TPSA) is 64.4 Å². The quantitative estimate of drug-likeness (QED) is 0.453. The molecule has 0 aromatic heterocycles. The number of ether oxygens (including phenoxy) is 1. The highest BCUT2D eigenvalue weighted by atomic mass is 35.5. The second-order valence-electron chi connectivity index (χ2n) is 4.55. The fourth-order valence-corrected chi connectivity index (χ4v) is 1.74. The van der Waals surface area contributed by atoms with Gasteiger partial charge in [0.2, 0.25) is 0 Å². The number of benzene rings is 1. The summed E-state index contributed by atoms with van der Waals surface area (Å²) in [5.74, 6) is 0. The van der Waals surface area contributed by atoms with Gasteiger partial charge in [-0.25, -0.2) is 0 Å². The Morgan fingerprint density at radius 2 is 2.21 bits per heavy atom. The molecule has 0 saturated heterocycles. The number of nitro benzene ring substituents is 1. The summed E-state index contributed by atoms with van der Waals surface area (Å²) in [5.41, 5.74) is 0.555. The molecule has 0 unspecified atom stereocenters. The Morgan fingerprint density at radius 1 is 1.47 bits per heavy atom. The third-order valence-electron chi connectivity index (χ3n) is 2.52. The molecule has 0 amide bonds. The maximum Gasteiger partial charge on any atom is 0.276 e. The summed E-state index contributed by atoms with van der Waals surface area (Å²) in [6, 6.07) is 5.07. The lowest BCUT2D eigenvalue weighted by Crippen LogP contribution is -2.24. The van der Waals surface area contributed by atoms with Crippen LogP contribution in [0.1, 0.15) is 25.8 Å². The van der Waals surface area contributed by atoms with Gasteiger partial charge in [0.1, 0.15) is 0 Å². The Labute approximate surface area is 118 Å². The van der Waals surface area contributed by atoms with E-state index in [1.165, 1.54) is 6.07 Å². The number of nitrogens with zero attached hydrogens (tertiary/aromatic N) is 1. The van der Waals surface area contributed by atoms with E-state index in [0.29, 0.717) is 23.2 Å². The van der Waals surface area contributed by atoms with Gasteiger partial charge in [-0.2, -0.15) is 0 Å². The summed E-state index contributed by atoms with van der Waals surface area (Å²) in [4.78, 5) is 10.4. The molecule has 0 aliphatic rings. The average molecular weight is 287 g/mol. The van der Waals surface area contributed by atoms with Crippen LogP contribution in [-0.4, -0.2) is 24.1 Å². The lowest BCUT2D eigenvalue weighted by atomic mass is 10.2. The van der Waals surface area contributed by atoms with Crippen LogP contribution in [0.4, 0.5) is 5.69 Å². The van der Waals surface area contributed by atoms with E-state index in [-0.39, 0.29) is 12.3 Å². The lowest BCUT2D eigenvalue weighted by Gasteiger charge is -2.08. The normalized spacial score (nSPS) is 10.9. The summed E-state index contributed by atoms with van der Waals surface area (Å²) in [6.07, 6.45) is 0.875. The number of hydrogen-bond acceptors (Lipinski definition) is 4. The van der Waals surface area contributed by atoms with Crippen molar-refractivity contribution in [1.29, 1.82) is 0 Å². The minimum absolute atomic E-state index is 0.00723. The Bertz CT molecular complexity index is 424. The van der Waals surface area contributed by atoms with Crippen molar-refractivity contribution < 1.29 is 9.66 Å². The highest BCUT2D eigenvalue weighted by molar-refractivity contribution is 6.30. The average Bonchev–Trinajstić information content (AvgIpc) is 2.34. The molecule has 1 aromatic rings. The van der Waals surface area contributed by atoms with Crippen molar-refractivity contribution in [3.8, 4) is 0 Å². The van der Waals surface area contributed by atoms with Crippen LogP contribution in [0.15, 0.2) is 18.2 Å². The van der Waals surface area contributed by atoms with Crippen molar-refractivity contribution in [3.05, 3.63) is 38.9 Å². The Kier molecular flexibility index (Phi) is 6.77. The second-order valence-corrected chi connectivity index (χ2v) is 4.98. The Morgan fingerprint density at radius 3 is 2.84 bits per heavy atom. The van der Waals surface area contributed by atoms with E-state index in [0.717, 1.165) is 13.0 Å². The molecule has 1 N–H and O–H groups in total.